The molecule has 1 spiro atoms. The topological polar surface area (TPSA) is 98.9 Å². The molecule has 35 heavy (non-hydrogen) atoms. The highest BCUT2D eigenvalue weighted by Crippen LogP contribution is 2.32. The number of sulfone groups is 1. The number of ether oxygens (including phenoxy) is 2. The molecule has 2 aliphatic rings. The van der Waals surface area contributed by atoms with Crippen molar-refractivity contribution in [2.45, 2.75) is 43.1 Å². The van der Waals surface area contributed by atoms with Gasteiger partial charge < -0.3 is 18.8 Å². The fourth-order valence-corrected chi connectivity index (χ4v) is 5.81. The zero-order valence-corrected chi connectivity index (χ0v) is 20.6. The summed E-state index contributed by atoms with van der Waals surface area (Å²) in [6.07, 6.45) is 1.33. The Hall–Kier alpha value is -3.01. The molecule has 2 saturated heterocycles. The fourth-order valence-electron chi connectivity index (χ4n) is 4.47. The first-order chi connectivity index (χ1) is 16.7. The van der Waals surface area contributed by atoms with Crippen LogP contribution in [0.1, 0.15) is 40.2 Å². The molecule has 0 radical (unpaired) electrons. The van der Waals surface area contributed by atoms with Gasteiger partial charge in [0.1, 0.15) is 11.5 Å². The standard InChI is InChI=1S/C26H28N2O6S/c1-18-3-9-22(10-4-18)35(30,31)17-23-19(2)34-24(27-23)20-5-7-21(8-6-20)25(29)28-13-11-26(12-14-28)32-15-16-33-26/h3-10H,11-17H2,1-2H3. The number of carbonyl (C=O) groups excluding carboxylic acids is 1. The van der Waals surface area contributed by atoms with E-state index >= 15 is 0 Å². The Morgan fingerprint density at radius 1 is 0.971 bits per heavy atom. The lowest BCUT2D eigenvalue weighted by atomic mass is 10.0. The number of amides is 1. The molecule has 0 saturated carbocycles. The third-order valence-electron chi connectivity index (χ3n) is 6.60. The van der Waals surface area contributed by atoms with E-state index in [1.807, 2.05) is 11.8 Å². The van der Waals surface area contributed by atoms with Crippen LogP contribution in [0.25, 0.3) is 11.5 Å². The number of nitrogens with zero attached hydrogens (tertiary/aromatic N) is 2. The van der Waals surface area contributed by atoms with E-state index in [2.05, 4.69) is 4.98 Å². The van der Waals surface area contributed by atoms with Gasteiger partial charge in [-0.1, -0.05) is 17.7 Å². The number of hydrogen-bond donors (Lipinski definition) is 0. The molecule has 3 heterocycles. The number of aryl methyl sites for hydroxylation is 2. The molecule has 2 aromatic carbocycles. The van der Waals surface area contributed by atoms with Crippen LogP contribution in [0.5, 0.6) is 0 Å². The van der Waals surface area contributed by atoms with Crippen LogP contribution in [-0.4, -0.2) is 56.3 Å². The number of oxazole rings is 1. The van der Waals surface area contributed by atoms with Gasteiger partial charge in [-0.25, -0.2) is 13.4 Å². The van der Waals surface area contributed by atoms with E-state index in [9.17, 15) is 13.2 Å². The minimum absolute atomic E-state index is 0.0436. The first-order valence-electron chi connectivity index (χ1n) is 11.7. The molecule has 0 atom stereocenters. The van der Waals surface area contributed by atoms with Gasteiger partial charge in [-0.3, -0.25) is 4.79 Å². The first-order valence-corrected chi connectivity index (χ1v) is 13.3. The highest BCUT2D eigenvalue weighted by Gasteiger charge is 2.40. The number of piperidine rings is 1. The van der Waals surface area contributed by atoms with E-state index in [4.69, 9.17) is 13.9 Å². The fraction of sp³-hybridized carbons (Fsp3) is 0.385. The molecule has 9 heteroatoms. The van der Waals surface area contributed by atoms with Crippen LogP contribution in [0.15, 0.2) is 57.8 Å². The highest BCUT2D eigenvalue weighted by atomic mass is 32.2. The van der Waals surface area contributed by atoms with E-state index < -0.39 is 15.6 Å². The molecule has 1 aromatic heterocycles. The van der Waals surface area contributed by atoms with E-state index in [-0.39, 0.29) is 16.6 Å². The van der Waals surface area contributed by atoms with Gasteiger partial charge in [0.25, 0.3) is 5.91 Å². The second-order valence-electron chi connectivity index (χ2n) is 9.07. The molecule has 1 amide bonds. The summed E-state index contributed by atoms with van der Waals surface area (Å²) in [6.45, 7) is 5.99. The van der Waals surface area contributed by atoms with Crippen molar-refractivity contribution < 1.29 is 27.1 Å². The molecule has 2 fully saturated rings. The summed E-state index contributed by atoms with van der Waals surface area (Å²) in [7, 11) is -3.55. The summed E-state index contributed by atoms with van der Waals surface area (Å²) in [4.78, 5) is 19.5. The number of likely N-dealkylation sites (tertiary alicyclic amines) is 1. The van der Waals surface area contributed by atoms with Crippen LogP contribution in [0.3, 0.4) is 0 Å². The molecule has 5 rings (SSSR count). The molecule has 0 N–H and O–H groups in total. The molecule has 3 aromatic rings. The van der Waals surface area contributed by atoms with Gasteiger partial charge in [0.15, 0.2) is 15.6 Å². The molecule has 8 nitrogen and oxygen atoms in total. The van der Waals surface area contributed by atoms with Crippen molar-refractivity contribution >= 4 is 15.7 Å². The summed E-state index contributed by atoms with van der Waals surface area (Å²) in [6, 6.07) is 13.8. The van der Waals surface area contributed by atoms with E-state index in [1.165, 1.54) is 0 Å². The largest absolute Gasteiger partial charge is 0.441 e. The van der Waals surface area contributed by atoms with Gasteiger partial charge in [-0.15, -0.1) is 0 Å². The quantitative estimate of drug-likeness (QED) is 0.528. The average molecular weight is 497 g/mol. The second-order valence-corrected chi connectivity index (χ2v) is 11.1. The van der Waals surface area contributed by atoms with Crippen molar-refractivity contribution in [1.82, 2.24) is 9.88 Å². The Kier molecular flexibility index (Phi) is 6.25. The lowest BCUT2D eigenvalue weighted by molar-refractivity contribution is -0.181. The van der Waals surface area contributed by atoms with Crippen molar-refractivity contribution in [3.05, 3.63) is 71.1 Å². The highest BCUT2D eigenvalue weighted by molar-refractivity contribution is 7.90. The maximum Gasteiger partial charge on any atom is 0.253 e. The maximum atomic E-state index is 13.0. The third kappa shape index (κ3) is 4.89. The van der Waals surface area contributed by atoms with Crippen LogP contribution in [0.2, 0.25) is 0 Å². The van der Waals surface area contributed by atoms with Crippen molar-refractivity contribution in [3.63, 3.8) is 0 Å². The normalized spacial score (nSPS) is 17.7. The summed E-state index contributed by atoms with van der Waals surface area (Å²) in [5.74, 6) is -0.0294. The molecule has 2 aliphatic heterocycles. The van der Waals surface area contributed by atoms with E-state index in [0.717, 1.165) is 5.56 Å². The lowest BCUT2D eigenvalue weighted by Gasteiger charge is -2.37. The molecule has 0 aliphatic carbocycles. The number of aromatic nitrogens is 1. The Morgan fingerprint density at radius 3 is 2.23 bits per heavy atom. The zero-order valence-electron chi connectivity index (χ0n) is 19.8. The van der Waals surface area contributed by atoms with E-state index in [1.54, 1.807) is 55.5 Å². The zero-order chi connectivity index (χ0) is 24.6. The van der Waals surface area contributed by atoms with Gasteiger partial charge in [0.05, 0.1) is 23.8 Å². The Bertz CT molecular complexity index is 1310. The predicted molar refractivity (Wildman–Crippen MR) is 129 cm³/mol. The first kappa shape index (κ1) is 23.7. The van der Waals surface area contributed by atoms with Gasteiger partial charge in [-0.05, 0) is 50.2 Å². The minimum Gasteiger partial charge on any atom is -0.441 e. The van der Waals surface area contributed by atoms with Crippen molar-refractivity contribution in [2.24, 2.45) is 0 Å². The number of carbonyl (C=O) groups is 1. The molecule has 0 unspecified atom stereocenters. The van der Waals surface area contributed by atoms with Crippen LogP contribution < -0.4 is 0 Å². The monoisotopic (exact) mass is 496 g/mol. The van der Waals surface area contributed by atoms with Crippen LogP contribution in [-0.2, 0) is 25.1 Å². The van der Waals surface area contributed by atoms with Crippen molar-refractivity contribution in [3.8, 4) is 11.5 Å². The summed E-state index contributed by atoms with van der Waals surface area (Å²) < 4.78 is 42.9. The van der Waals surface area contributed by atoms with Crippen LogP contribution >= 0.6 is 0 Å². The van der Waals surface area contributed by atoms with Gasteiger partial charge >= 0.3 is 0 Å². The Labute approximate surface area is 204 Å². The molecule has 184 valence electrons. The van der Waals surface area contributed by atoms with Crippen molar-refractivity contribution in [1.29, 1.82) is 0 Å². The van der Waals surface area contributed by atoms with E-state index in [0.29, 0.717) is 67.6 Å². The third-order valence-corrected chi connectivity index (χ3v) is 8.25. The second kappa shape index (κ2) is 9.22. The molecular formula is C26H28N2O6S. The van der Waals surface area contributed by atoms with Gasteiger partial charge in [0.2, 0.25) is 5.89 Å². The van der Waals surface area contributed by atoms with Gasteiger partial charge in [0, 0.05) is 37.1 Å². The van der Waals surface area contributed by atoms with Crippen molar-refractivity contribution in [2.75, 3.05) is 26.3 Å². The SMILES string of the molecule is Cc1ccc(S(=O)(=O)Cc2nc(-c3ccc(C(=O)N4CCC5(CC4)OCCO5)cc3)oc2C)cc1. The maximum absolute atomic E-state index is 13.0. The van der Waals surface area contributed by atoms with Crippen LogP contribution in [0, 0.1) is 13.8 Å². The Balaban J connectivity index is 1.27. The predicted octanol–water partition coefficient (Wildman–Crippen LogP) is 3.91. The minimum atomic E-state index is -3.55. The molecule has 0 bridgehead atoms. The number of rotatable bonds is 5. The lowest BCUT2D eigenvalue weighted by Crippen LogP contribution is -2.47. The number of hydrogen-bond acceptors (Lipinski definition) is 7. The Morgan fingerprint density at radius 2 is 1.60 bits per heavy atom. The summed E-state index contributed by atoms with van der Waals surface area (Å²) in [5, 5.41) is 0. The smallest absolute Gasteiger partial charge is 0.253 e. The van der Waals surface area contributed by atoms with Crippen LogP contribution in [0.4, 0.5) is 0 Å². The number of benzene rings is 2. The average Bonchev–Trinajstić information content (AvgIpc) is 3.46. The van der Waals surface area contributed by atoms with Gasteiger partial charge in [-0.2, -0.15) is 0 Å². The summed E-state index contributed by atoms with van der Waals surface area (Å²) >= 11 is 0. The molecular weight excluding hydrogens is 468 g/mol. The summed E-state index contributed by atoms with van der Waals surface area (Å²) in [5.41, 5.74) is 2.61.